The molecule has 0 bridgehead atoms. The molecule has 0 atom stereocenters. The first-order valence-electron chi connectivity index (χ1n) is 4.25. The van der Waals surface area contributed by atoms with Gasteiger partial charge in [0.1, 0.15) is 0 Å². The van der Waals surface area contributed by atoms with Crippen molar-refractivity contribution in [3.63, 3.8) is 0 Å². The number of hydrogen-bond donors (Lipinski definition) is 3. The van der Waals surface area contributed by atoms with Gasteiger partial charge in [-0.15, -0.1) is 0 Å². The van der Waals surface area contributed by atoms with E-state index in [9.17, 15) is 4.79 Å². The molecule has 5 heteroatoms. The van der Waals surface area contributed by atoms with Gasteiger partial charge in [0.05, 0.1) is 6.54 Å². The molecule has 1 amide bonds. The molecule has 13 heavy (non-hydrogen) atoms. The van der Waals surface area contributed by atoms with Crippen LogP contribution in [0.5, 0.6) is 0 Å². The zero-order chi connectivity index (χ0) is 9.68. The topological polar surface area (TPSA) is 69.8 Å². The Hall–Kier alpha value is -1.36. The third-order valence-corrected chi connectivity index (χ3v) is 1.62. The predicted octanol–water partition coefficient (Wildman–Crippen LogP) is 0.130. The number of aromatic amines is 1. The highest BCUT2D eigenvalue weighted by atomic mass is 16.1. The Morgan fingerprint density at radius 3 is 3.00 bits per heavy atom. The monoisotopic (exact) mass is 182 g/mol. The highest BCUT2D eigenvalue weighted by Crippen LogP contribution is 2.04. The zero-order valence-electron chi connectivity index (χ0n) is 7.85. The summed E-state index contributed by atoms with van der Waals surface area (Å²) in [7, 11) is 1.72. The molecule has 0 saturated carbocycles. The van der Waals surface area contributed by atoms with Crippen molar-refractivity contribution in [1.29, 1.82) is 0 Å². The number of hydrogen-bond acceptors (Lipinski definition) is 3. The molecule has 0 aliphatic heterocycles. The minimum Gasteiger partial charge on any atom is -0.311 e. The number of carbonyl (C=O) groups is 1. The second-order valence-corrected chi connectivity index (χ2v) is 2.71. The number of anilines is 1. The van der Waals surface area contributed by atoms with Crippen LogP contribution in [0.4, 0.5) is 5.82 Å². The highest BCUT2D eigenvalue weighted by Gasteiger charge is 2.03. The summed E-state index contributed by atoms with van der Waals surface area (Å²) in [6.07, 6.45) is 0.884. The van der Waals surface area contributed by atoms with Crippen molar-refractivity contribution in [3.8, 4) is 0 Å². The average Bonchev–Trinajstić information content (AvgIpc) is 2.52. The van der Waals surface area contributed by atoms with Crippen molar-refractivity contribution in [2.24, 2.45) is 0 Å². The molecule has 1 rings (SSSR count). The van der Waals surface area contributed by atoms with Crippen molar-refractivity contribution in [2.75, 3.05) is 18.9 Å². The minimum atomic E-state index is -0.0864. The summed E-state index contributed by atoms with van der Waals surface area (Å²) in [4.78, 5) is 11.1. The first-order valence-corrected chi connectivity index (χ1v) is 4.25. The molecule has 0 unspecified atom stereocenters. The molecular formula is C8H14N4O. The Morgan fingerprint density at radius 1 is 1.69 bits per heavy atom. The van der Waals surface area contributed by atoms with Crippen LogP contribution in [-0.2, 0) is 11.2 Å². The van der Waals surface area contributed by atoms with Crippen LogP contribution in [0, 0.1) is 0 Å². The summed E-state index contributed by atoms with van der Waals surface area (Å²) in [5, 5.41) is 12.2. The summed E-state index contributed by atoms with van der Waals surface area (Å²) in [6, 6.07) is 1.83. The van der Waals surface area contributed by atoms with Crippen LogP contribution < -0.4 is 10.6 Å². The highest BCUT2D eigenvalue weighted by molar-refractivity contribution is 5.91. The van der Waals surface area contributed by atoms with E-state index in [1.54, 1.807) is 7.05 Å². The minimum absolute atomic E-state index is 0.0864. The van der Waals surface area contributed by atoms with E-state index in [-0.39, 0.29) is 5.91 Å². The molecule has 1 aromatic rings. The van der Waals surface area contributed by atoms with Crippen molar-refractivity contribution in [3.05, 3.63) is 11.8 Å². The van der Waals surface area contributed by atoms with Crippen molar-refractivity contribution in [2.45, 2.75) is 13.3 Å². The van der Waals surface area contributed by atoms with Crippen LogP contribution in [-0.4, -0.2) is 29.7 Å². The Morgan fingerprint density at radius 2 is 2.46 bits per heavy atom. The van der Waals surface area contributed by atoms with E-state index in [0.29, 0.717) is 12.4 Å². The second kappa shape index (κ2) is 4.61. The van der Waals surface area contributed by atoms with Crippen LogP contribution in [0.2, 0.25) is 0 Å². The molecule has 1 heterocycles. The Balaban J connectivity index is 2.49. The molecule has 0 spiro atoms. The summed E-state index contributed by atoms with van der Waals surface area (Å²) < 4.78 is 0. The Kier molecular flexibility index (Phi) is 3.45. The van der Waals surface area contributed by atoms with Gasteiger partial charge < -0.3 is 10.6 Å². The third-order valence-electron chi connectivity index (χ3n) is 1.62. The normalized spacial score (nSPS) is 10.0. The molecule has 0 fully saturated rings. The lowest BCUT2D eigenvalue weighted by molar-refractivity contribution is -0.115. The molecule has 0 aromatic carbocycles. The Bertz CT molecular complexity index is 281. The van der Waals surface area contributed by atoms with Crippen LogP contribution in [0.3, 0.4) is 0 Å². The molecular weight excluding hydrogens is 168 g/mol. The standard InChI is InChI=1S/C8H14N4O/c1-3-6-4-7(12-11-6)10-8(13)5-9-2/h4,9H,3,5H2,1-2H3,(H2,10,11,12,13). The number of nitrogens with zero attached hydrogens (tertiary/aromatic N) is 1. The average molecular weight is 182 g/mol. The number of nitrogens with one attached hydrogen (secondary N) is 3. The third kappa shape index (κ3) is 2.87. The SMILES string of the molecule is CCc1cc(NC(=O)CNC)n[nH]1. The van der Waals surface area contributed by atoms with Gasteiger partial charge in [-0.3, -0.25) is 9.89 Å². The van der Waals surface area contributed by atoms with E-state index in [0.717, 1.165) is 12.1 Å². The smallest absolute Gasteiger partial charge is 0.239 e. The molecule has 0 aliphatic carbocycles. The van der Waals surface area contributed by atoms with Gasteiger partial charge in [0, 0.05) is 11.8 Å². The maximum atomic E-state index is 11.1. The van der Waals surface area contributed by atoms with Gasteiger partial charge in [-0.05, 0) is 13.5 Å². The van der Waals surface area contributed by atoms with Gasteiger partial charge in [0.15, 0.2) is 5.82 Å². The van der Waals surface area contributed by atoms with E-state index >= 15 is 0 Å². The lowest BCUT2D eigenvalue weighted by atomic mass is 10.3. The van der Waals surface area contributed by atoms with Crippen molar-refractivity contribution in [1.82, 2.24) is 15.5 Å². The maximum Gasteiger partial charge on any atom is 0.239 e. The molecule has 72 valence electrons. The first-order chi connectivity index (χ1) is 6.26. The van der Waals surface area contributed by atoms with Gasteiger partial charge in [-0.2, -0.15) is 5.10 Å². The van der Waals surface area contributed by atoms with E-state index in [4.69, 9.17) is 0 Å². The largest absolute Gasteiger partial charge is 0.311 e. The first kappa shape index (κ1) is 9.73. The summed E-state index contributed by atoms with van der Waals surface area (Å²) >= 11 is 0. The number of amides is 1. The summed E-state index contributed by atoms with van der Waals surface area (Å²) in [5.41, 5.74) is 1.01. The lowest BCUT2D eigenvalue weighted by Crippen LogP contribution is -2.25. The molecule has 0 radical (unpaired) electrons. The molecule has 5 nitrogen and oxygen atoms in total. The van der Waals surface area contributed by atoms with Crippen LogP contribution >= 0.6 is 0 Å². The van der Waals surface area contributed by atoms with Crippen molar-refractivity contribution < 1.29 is 4.79 Å². The fourth-order valence-electron chi connectivity index (χ4n) is 0.954. The predicted molar refractivity (Wildman–Crippen MR) is 50.5 cm³/mol. The van der Waals surface area contributed by atoms with E-state index in [2.05, 4.69) is 20.8 Å². The van der Waals surface area contributed by atoms with E-state index in [1.807, 2.05) is 13.0 Å². The number of rotatable bonds is 4. The van der Waals surface area contributed by atoms with Crippen LogP contribution in [0.15, 0.2) is 6.07 Å². The van der Waals surface area contributed by atoms with Crippen molar-refractivity contribution >= 4 is 11.7 Å². The number of aromatic nitrogens is 2. The second-order valence-electron chi connectivity index (χ2n) is 2.71. The summed E-state index contributed by atoms with van der Waals surface area (Å²) in [5.74, 6) is 0.494. The fourth-order valence-corrected chi connectivity index (χ4v) is 0.954. The van der Waals surface area contributed by atoms with Gasteiger partial charge in [-0.25, -0.2) is 0 Å². The number of carbonyl (C=O) groups excluding carboxylic acids is 1. The molecule has 0 saturated heterocycles. The van der Waals surface area contributed by atoms with E-state index < -0.39 is 0 Å². The number of H-pyrrole nitrogens is 1. The zero-order valence-corrected chi connectivity index (χ0v) is 7.85. The number of likely N-dealkylation sites (N-methyl/N-ethyl adjacent to an activating group) is 1. The van der Waals surface area contributed by atoms with Gasteiger partial charge in [0.25, 0.3) is 0 Å². The maximum absolute atomic E-state index is 11.1. The van der Waals surface area contributed by atoms with E-state index in [1.165, 1.54) is 0 Å². The van der Waals surface area contributed by atoms with Crippen LogP contribution in [0.1, 0.15) is 12.6 Å². The fraction of sp³-hybridized carbons (Fsp3) is 0.500. The van der Waals surface area contributed by atoms with Crippen LogP contribution in [0.25, 0.3) is 0 Å². The lowest BCUT2D eigenvalue weighted by Gasteiger charge is -1.98. The van der Waals surface area contributed by atoms with Gasteiger partial charge >= 0.3 is 0 Å². The number of aryl methyl sites for hydroxylation is 1. The van der Waals surface area contributed by atoms with Gasteiger partial charge in [0.2, 0.25) is 5.91 Å². The summed E-state index contributed by atoms with van der Waals surface area (Å²) in [6.45, 7) is 2.32. The quantitative estimate of drug-likeness (QED) is 0.620. The molecule has 3 N–H and O–H groups in total. The molecule has 1 aromatic heterocycles. The Labute approximate surface area is 76.9 Å². The van der Waals surface area contributed by atoms with Gasteiger partial charge in [-0.1, -0.05) is 6.92 Å². The molecule has 0 aliphatic rings.